The quantitative estimate of drug-likeness (QED) is 0.407. The molecule has 3 heterocycles. The molecule has 3 rings (SSSR count). The van der Waals surface area contributed by atoms with Crippen molar-refractivity contribution in [3.8, 4) is 6.07 Å². The highest BCUT2D eigenvalue weighted by molar-refractivity contribution is 8.26. The van der Waals surface area contributed by atoms with Crippen LogP contribution in [-0.2, 0) is 11.8 Å². The highest BCUT2D eigenvalue weighted by Crippen LogP contribution is 2.37. The summed E-state index contributed by atoms with van der Waals surface area (Å²) in [6.45, 7) is 8.49. The second-order valence-corrected chi connectivity index (χ2v) is 10.3. The van der Waals surface area contributed by atoms with E-state index in [1.165, 1.54) is 11.8 Å². The number of amides is 1. The van der Waals surface area contributed by atoms with E-state index in [1.807, 2.05) is 6.08 Å². The third-order valence-electron chi connectivity index (χ3n) is 6.51. The van der Waals surface area contributed by atoms with Crippen molar-refractivity contribution < 1.29 is 4.79 Å². The van der Waals surface area contributed by atoms with Crippen LogP contribution in [0.25, 0.3) is 6.08 Å². The molecule has 1 atom stereocenters. The largest absolute Gasteiger partial charge is 0.357 e. The van der Waals surface area contributed by atoms with E-state index in [0.29, 0.717) is 27.3 Å². The lowest BCUT2D eigenvalue weighted by Crippen LogP contribution is -2.33. The van der Waals surface area contributed by atoms with Crippen LogP contribution in [0.1, 0.15) is 69.1 Å². The third-order valence-corrected chi connectivity index (χ3v) is 7.88. The molecule has 6 nitrogen and oxygen atoms in total. The SMILES string of the molecule is CCCCC(CC)CN1C(=O)/C(=C\c2c(C)c(C#N)c(=O)n(C)c2N2CCCC2)SC1=S. The lowest BCUT2D eigenvalue weighted by Gasteiger charge is -2.25. The number of pyridine rings is 1. The Morgan fingerprint density at radius 2 is 1.94 bits per heavy atom. The normalized spacial score (nSPS) is 18.7. The summed E-state index contributed by atoms with van der Waals surface area (Å²) in [4.78, 5) is 30.6. The predicted octanol–water partition coefficient (Wildman–Crippen LogP) is 4.58. The van der Waals surface area contributed by atoms with Gasteiger partial charge in [0.05, 0.1) is 4.91 Å². The monoisotopic (exact) mass is 472 g/mol. The minimum atomic E-state index is -0.293. The van der Waals surface area contributed by atoms with E-state index >= 15 is 0 Å². The molecule has 8 heteroatoms. The van der Waals surface area contributed by atoms with Crippen LogP contribution in [0.2, 0.25) is 0 Å². The van der Waals surface area contributed by atoms with Gasteiger partial charge in [0.15, 0.2) is 0 Å². The van der Waals surface area contributed by atoms with E-state index in [9.17, 15) is 14.9 Å². The van der Waals surface area contributed by atoms with Crippen LogP contribution < -0.4 is 10.5 Å². The van der Waals surface area contributed by atoms with Crippen LogP contribution in [0.4, 0.5) is 5.82 Å². The Morgan fingerprint density at radius 3 is 2.53 bits per heavy atom. The molecule has 1 aromatic rings. The van der Waals surface area contributed by atoms with Gasteiger partial charge in [-0.3, -0.25) is 19.1 Å². The Kier molecular flexibility index (Phi) is 8.18. The fourth-order valence-electron chi connectivity index (χ4n) is 4.49. The molecule has 0 aliphatic carbocycles. The molecule has 0 N–H and O–H groups in total. The van der Waals surface area contributed by atoms with E-state index in [4.69, 9.17) is 12.2 Å². The summed E-state index contributed by atoms with van der Waals surface area (Å²) in [7, 11) is 1.71. The van der Waals surface area contributed by atoms with Crippen LogP contribution >= 0.6 is 24.0 Å². The van der Waals surface area contributed by atoms with Gasteiger partial charge in [-0.1, -0.05) is 57.1 Å². The summed E-state index contributed by atoms with van der Waals surface area (Å²) in [5, 5.41) is 9.60. The van der Waals surface area contributed by atoms with Gasteiger partial charge in [0.25, 0.3) is 11.5 Å². The van der Waals surface area contributed by atoms with Gasteiger partial charge >= 0.3 is 0 Å². The molecule has 172 valence electrons. The number of anilines is 1. The summed E-state index contributed by atoms with van der Waals surface area (Å²) < 4.78 is 2.14. The number of unbranched alkanes of at least 4 members (excludes halogenated alkanes) is 1. The zero-order valence-corrected chi connectivity index (χ0v) is 21.1. The van der Waals surface area contributed by atoms with Crippen LogP contribution in [0.5, 0.6) is 0 Å². The van der Waals surface area contributed by atoms with Gasteiger partial charge in [-0.2, -0.15) is 5.26 Å². The van der Waals surface area contributed by atoms with Crippen molar-refractivity contribution in [2.75, 3.05) is 24.5 Å². The Morgan fingerprint density at radius 1 is 1.25 bits per heavy atom. The maximum Gasteiger partial charge on any atom is 0.270 e. The second kappa shape index (κ2) is 10.7. The third kappa shape index (κ3) is 4.79. The molecule has 1 unspecified atom stereocenters. The number of carbonyl (C=O) groups excluding carboxylic acids is 1. The smallest absolute Gasteiger partial charge is 0.270 e. The first-order valence-electron chi connectivity index (χ1n) is 11.5. The van der Waals surface area contributed by atoms with Crippen molar-refractivity contribution >= 4 is 46.1 Å². The van der Waals surface area contributed by atoms with E-state index in [2.05, 4.69) is 24.8 Å². The van der Waals surface area contributed by atoms with E-state index in [0.717, 1.165) is 63.0 Å². The Labute approximate surface area is 200 Å². The first-order chi connectivity index (χ1) is 15.3. The standard InChI is InChI=1S/C24H32N4O2S2/c1-5-7-10-17(6-2)15-28-23(30)20(32-24(28)31)13-18-16(3)19(14-25)22(29)26(4)21(18)27-11-8-9-12-27/h13,17H,5-12,15H2,1-4H3/b20-13+. The lowest BCUT2D eigenvalue weighted by molar-refractivity contribution is -0.122. The number of hydrogen-bond acceptors (Lipinski definition) is 6. The molecule has 0 bridgehead atoms. The molecule has 0 radical (unpaired) electrons. The van der Waals surface area contributed by atoms with Gasteiger partial charge < -0.3 is 4.90 Å². The van der Waals surface area contributed by atoms with E-state index in [1.54, 1.807) is 23.4 Å². The first kappa shape index (κ1) is 24.5. The molecule has 32 heavy (non-hydrogen) atoms. The first-order valence-corrected chi connectivity index (χ1v) is 12.7. The molecule has 0 aromatic carbocycles. The predicted molar refractivity (Wildman–Crippen MR) is 136 cm³/mol. The molecular weight excluding hydrogens is 440 g/mol. The molecule has 2 aliphatic rings. The highest BCUT2D eigenvalue weighted by atomic mass is 32.2. The summed E-state index contributed by atoms with van der Waals surface area (Å²) >= 11 is 6.88. The molecule has 0 spiro atoms. The van der Waals surface area contributed by atoms with Gasteiger partial charge in [-0.25, -0.2) is 0 Å². The number of aromatic nitrogens is 1. The average Bonchev–Trinajstić information content (AvgIpc) is 3.39. The zero-order chi connectivity index (χ0) is 23.4. The van der Waals surface area contributed by atoms with Gasteiger partial charge in [0.1, 0.15) is 21.8 Å². The molecule has 2 fully saturated rings. The highest BCUT2D eigenvalue weighted by Gasteiger charge is 2.34. The number of thiocarbonyl (C=S) groups is 1. The fourth-order valence-corrected chi connectivity index (χ4v) is 5.74. The summed E-state index contributed by atoms with van der Waals surface area (Å²) in [6.07, 6.45) is 8.36. The molecular formula is C24H32N4O2S2. The lowest BCUT2D eigenvalue weighted by atomic mass is 9.99. The Bertz CT molecular complexity index is 1030. The minimum Gasteiger partial charge on any atom is -0.357 e. The van der Waals surface area contributed by atoms with E-state index in [-0.39, 0.29) is 17.0 Å². The van der Waals surface area contributed by atoms with Crippen LogP contribution in [0.3, 0.4) is 0 Å². The van der Waals surface area contributed by atoms with Crippen molar-refractivity contribution in [3.63, 3.8) is 0 Å². The number of nitrogens with zero attached hydrogens (tertiary/aromatic N) is 4. The number of rotatable bonds is 8. The maximum atomic E-state index is 13.3. The number of hydrogen-bond donors (Lipinski definition) is 0. The number of nitriles is 1. The molecule has 0 saturated carbocycles. The van der Waals surface area contributed by atoms with Crippen LogP contribution in [0, 0.1) is 24.2 Å². The molecule has 2 aliphatic heterocycles. The van der Waals surface area contributed by atoms with Gasteiger partial charge in [0.2, 0.25) is 0 Å². The Hall–Kier alpha value is -2.11. The van der Waals surface area contributed by atoms with Crippen LogP contribution in [-0.4, -0.2) is 39.3 Å². The van der Waals surface area contributed by atoms with Crippen molar-refractivity contribution in [1.82, 2.24) is 9.47 Å². The minimum absolute atomic E-state index is 0.0749. The van der Waals surface area contributed by atoms with E-state index < -0.39 is 0 Å². The van der Waals surface area contributed by atoms with Crippen molar-refractivity contribution in [1.29, 1.82) is 5.26 Å². The van der Waals surface area contributed by atoms with Crippen molar-refractivity contribution in [2.45, 2.75) is 59.3 Å². The van der Waals surface area contributed by atoms with Gasteiger partial charge in [0, 0.05) is 32.2 Å². The number of carbonyl (C=O) groups is 1. The summed E-state index contributed by atoms with van der Waals surface area (Å²) in [6, 6.07) is 2.06. The maximum absolute atomic E-state index is 13.3. The molecule has 2 saturated heterocycles. The summed E-state index contributed by atoms with van der Waals surface area (Å²) in [5.41, 5.74) is 1.22. The van der Waals surface area contributed by atoms with Crippen LogP contribution in [0.15, 0.2) is 9.70 Å². The molecule has 1 amide bonds. The number of thioether (sulfide) groups is 1. The van der Waals surface area contributed by atoms with Crippen molar-refractivity contribution in [3.05, 3.63) is 31.9 Å². The fraction of sp³-hybridized carbons (Fsp3) is 0.583. The van der Waals surface area contributed by atoms with Gasteiger partial charge in [-0.15, -0.1) is 0 Å². The zero-order valence-electron chi connectivity index (χ0n) is 19.4. The van der Waals surface area contributed by atoms with Crippen molar-refractivity contribution in [2.24, 2.45) is 13.0 Å². The summed E-state index contributed by atoms with van der Waals surface area (Å²) in [5.74, 6) is 1.14. The van der Waals surface area contributed by atoms with Gasteiger partial charge in [-0.05, 0) is 43.7 Å². The molecule has 1 aromatic heterocycles. The average molecular weight is 473 g/mol. The topological polar surface area (TPSA) is 69.3 Å². The Balaban J connectivity index is 2.01. The second-order valence-electron chi connectivity index (χ2n) is 8.62.